The van der Waals surface area contributed by atoms with Crippen LogP contribution >= 0.6 is 0 Å². The van der Waals surface area contributed by atoms with E-state index in [2.05, 4.69) is 13.5 Å². The molecule has 0 fully saturated rings. The Balaban J connectivity index is 3.54. The van der Waals surface area contributed by atoms with Crippen molar-refractivity contribution in [3.8, 4) is 0 Å². The Bertz CT molecular complexity index is 203. The van der Waals surface area contributed by atoms with Crippen LogP contribution in [0.3, 0.4) is 0 Å². The molecule has 0 N–H and O–H groups in total. The molecule has 0 aliphatic heterocycles. The first-order chi connectivity index (χ1) is 7.60. The summed E-state index contributed by atoms with van der Waals surface area (Å²) in [5, 5.41) is 0. The Morgan fingerprint density at radius 3 is 2.56 bits per heavy atom. The fraction of sp³-hybridized carbons (Fsp3) is 0.750. The van der Waals surface area contributed by atoms with Gasteiger partial charge in [0.25, 0.3) is 0 Å². The third-order valence-corrected chi connectivity index (χ3v) is 1.80. The van der Waals surface area contributed by atoms with Gasteiger partial charge in [-0.3, -0.25) is 0 Å². The number of esters is 1. The molecule has 4 nitrogen and oxygen atoms in total. The van der Waals surface area contributed by atoms with E-state index in [1.54, 1.807) is 6.92 Å². The molecule has 0 bridgehead atoms. The summed E-state index contributed by atoms with van der Waals surface area (Å²) < 4.78 is 15.7. The second kappa shape index (κ2) is 9.36. The lowest BCUT2D eigenvalue weighted by atomic mass is 10.4. The van der Waals surface area contributed by atoms with Crippen molar-refractivity contribution in [2.45, 2.75) is 39.4 Å². The summed E-state index contributed by atoms with van der Waals surface area (Å²) in [6.07, 6.45) is 1.89. The highest BCUT2D eigenvalue weighted by Crippen LogP contribution is 1.98. The topological polar surface area (TPSA) is 44.8 Å². The predicted molar refractivity (Wildman–Crippen MR) is 62.3 cm³/mol. The normalized spacial score (nSPS) is 14.2. The van der Waals surface area contributed by atoms with Crippen LogP contribution in [0.15, 0.2) is 12.7 Å². The maximum absolute atomic E-state index is 10.9. The average molecular weight is 230 g/mol. The van der Waals surface area contributed by atoms with Gasteiger partial charge in [0.05, 0.1) is 19.3 Å². The average Bonchev–Trinajstić information content (AvgIpc) is 2.26. The highest BCUT2D eigenvalue weighted by Gasteiger charge is 2.09. The molecule has 0 aromatic carbocycles. The maximum Gasteiger partial charge on any atom is 0.330 e. The number of ether oxygens (including phenoxy) is 3. The molecule has 2 atom stereocenters. The first kappa shape index (κ1) is 15.1. The number of rotatable bonds is 9. The molecule has 0 amide bonds. The minimum atomic E-state index is -0.425. The molecule has 0 spiro atoms. The van der Waals surface area contributed by atoms with Crippen molar-refractivity contribution in [1.82, 2.24) is 0 Å². The summed E-state index contributed by atoms with van der Waals surface area (Å²) in [7, 11) is 0. The van der Waals surface area contributed by atoms with Crippen LogP contribution in [0.25, 0.3) is 0 Å². The van der Waals surface area contributed by atoms with Gasteiger partial charge >= 0.3 is 5.97 Å². The van der Waals surface area contributed by atoms with Gasteiger partial charge in [0.1, 0.15) is 6.10 Å². The van der Waals surface area contributed by atoms with Crippen LogP contribution in [0.5, 0.6) is 0 Å². The van der Waals surface area contributed by atoms with E-state index < -0.39 is 5.97 Å². The Morgan fingerprint density at radius 2 is 2.00 bits per heavy atom. The van der Waals surface area contributed by atoms with Crippen LogP contribution in [0, 0.1) is 0 Å². The zero-order chi connectivity index (χ0) is 12.4. The summed E-state index contributed by atoms with van der Waals surface area (Å²) >= 11 is 0. The largest absolute Gasteiger partial charge is 0.457 e. The van der Waals surface area contributed by atoms with E-state index in [1.807, 2.05) is 6.92 Å². The number of hydrogen-bond donors (Lipinski definition) is 0. The van der Waals surface area contributed by atoms with E-state index in [-0.39, 0.29) is 12.2 Å². The molecule has 0 aromatic heterocycles. The predicted octanol–water partition coefficient (Wildman–Crippen LogP) is 1.94. The van der Waals surface area contributed by atoms with Gasteiger partial charge in [0.2, 0.25) is 0 Å². The third-order valence-electron chi connectivity index (χ3n) is 1.80. The standard InChI is InChI=1S/C12H22O4/c1-5-7-14-8-10(3)15-9-11(4)16-12(13)6-2/h6,10-11H,2,5,7-9H2,1,3-4H3. The quantitative estimate of drug-likeness (QED) is 0.345. The summed E-state index contributed by atoms with van der Waals surface area (Å²) in [6, 6.07) is 0. The molecule has 4 heteroatoms. The molecule has 0 rings (SSSR count). The Labute approximate surface area is 97.6 Å². The number of carbonyl (C=O) groups excluding carboxylic acids is 1. The van der Waals surface area contributed by atoms with Crippen LogP contribution in [0.2, 0.25) is 0 Å². The van der Waals surface area contributed by atoms with Crippen molar-refractivity contribution >= 4 is 5.97 Å². The Kier molecular flexibility index (Phi) is 8.85. The van der Waals surface area contributed by atoms with E-state index in [0.717, 1.165) is 19.1 Å². The van der Waals surface area contributed by atoms with E-state index in [0.29, 0.717) is 13.2 Å². The van der Waals surface area contributed by atoms with Gasteiger partial charge in [0, 0.05) is 12.7 Å². The highest BCUT2D eigenvalue weighted by atomic mass is 16.6. The monoisotopic (exact) mass is 230 g/mol. The van der Waals surface area contributed by atoms with Crippen LogP contribution in [0.1, 0.15) is 27.2 Å². The maximum atomic E-state index is 10.9. The molecule has 0 radical (unpaired) electrons. The van der Waals surface area contributed by atoms with Crippen molar-refractivity contribution in [3.63, 3.8) is 0 Å². The summed E-state index contributed by atoms with van der Waals surface area (Å²) in [5.41, 5.74) is 0. The van der Waals surface area contributed by atoms with Crippen molar-refractivity contribution < 1.29 is 19.0 Å². The molecule has 0 aliphatic carbocycles. The van der Waals surface area contributed by atoms with Crippen LogP contribution in [0.4, 0.5) is 0 Å². The van der Waals surface area contributed by atoms with Gasteiger partial charge in [-0.15, -0.1) is 0 Å². The molecule has 0 saturated heterocycles. The van der Waals surface area contributed by atoms with Crippen molar-refractivity contribution in [1.29, 1.82) is 0 Å². The van der Waals surface area contributed by atoms with Gasteiger partial charge in [-0.2, -0.15) is 0 Å². The highest BCUT2D eigenvalue weighted by molar-refractivity contribution is 5.81. The van der Waals surface area contributed by atoms with E-state index in [9.17, 15) is 4.79 Å². The lowest BCUT2D eigenvalue weighted by Gasteiger charge is -2.17. The number of hydrogen-bond acceptors (Lipinski definition) is 4. The molecular formula is C12H22O4. The zero-order valence-corrected chi connectivity index (χ0v) is 10.4. The van der Waals surface area contributed by atoms with Crippen molar-refractivity contribution in [2.75, 3.05) is 19.8 Å². The van der Waals surface area contributed by atoms with Crippen molar-refractivity contribution in [3.05, 3.63) is 12.7 Å². The first-order valence-corrected chi connectivity index (χ1v) is 5.62. The van der Waals surface area contributed by atoms with Crippen LogP contribution < -0.4 is 0 Å². The number of carbonyl (C=O) groups is 1. The van der Waals surface area contributed by atoms with Gasteiger partial charge in [0.15, 0.2) is 0 Å². The SMILES string of the molecule is C=CC(=O)OC(C)COC(C)COCCC. The van der Waals surface area contributed by atoms with Gasteiger partial charge in [-0.1, -0.05) is 13.5 Å². The third kappa shape index (κ3) is 8.44. The smallest absolute Gasteiger partial charge is 0.330 e. The lowest BCUT2D eigenvalue weighted by Crippen LogP contribution is -2.24. The minimum Gasteiger partial charge on any atom is -0.457 e. The Hall–Kier alpha value is -0.870. The molecule has 2 unspecified atom stereocenters. The molecule has 0 aliphatic rings. The zero-order valence-electron chi connectivity index (χ0n) is 10.4. The molecule has 0 heterocycles. The van der Waals surface area contributed by atoms with E-state index in [1.165, 1.54) is 0 Å². The van der Waals surface area contributed by atoms with Crippen LogP contribution in [-0.4, -0.2) is 38.0 Å². The lowest BCUT2D eigenvalue weighted by molar-refractivity contribution is -0.146. The minimum absolute atomic E-state index is 0.0106. The first-order valence-electron chi connectivity index (χ1n) is 5.62. The summed E-state index contributed by atoms with van der Waals surface area (Å²) in [6.45, 7) is 10.8. The molecule has 0 aromatic rings. The van der Waals surface area contributed by atoms with Gasteiger partial charge in [-0.05, 0) is 20.3 Å². The molecule has 0 saturated carbocycles. The fourth-order valence-electron chi connectivity index (χ4n) is 1.02. The van der Waals surface area contributed by atoms with Crippen molar-refractivity contribution in [2.24, 2.45) is 0 Å². The van der Waals surface area contributed by atoms with E-state index in [4.69, 9.17) is 14.2 Å². The van der Waals surface area contributed by atoms with Crippen LogP contribution in [-0.2, 0) is 19.0 Å². The Morgan fingerprint density at radius 1 is 1.31 bits per heavy atom. The summed E-state index contributed by atoms with van der Waals surface area (Å²) in [5.74, 6) is -0.425. The van der Waals surface area contributed by atoms with Gasteiger partial charge in [-0.25, -0.2) is 4.79 Å². The second-order valence-corrected chi connectivity index (χ2v) is 3.67. The second-order valence-electron chi connectivity index (χ2n) is 3.67. The molecule has 16 heavy (non-hydrogen) atoms. The molecule has 94 valence electrons. The van der Waals surface area contributed by atoms with Gasteiger partial charge < -0.3 is 14.2 Å². The fourth-order valence-corrected chi connectivity index (χ4v) is 1.02. The molecular weight excluding hydrogens is 208 g/mol. The summed E-state index contributed by atoms with van der Waals surface area (Å²) in [4.78, 5) is 10.9. The van der Waals surface area contributed by atoms with E-state index >= 15 is 0 Å².